The molecule has 1 atom stereocenters. The molecule has 0 aliphatic rings. The average Bonchev–Trinajstić information content (AvgIpc) is 2.48. The third kappa shape index (κ3) is 4.78. The van der Waals surface area contributed by atoms with Crippen LogP contribution in [-0.4, -0.2) is 30.5 Å². The van der Waals surface area contributed by atoms with Gasteiger partial charge in [0.2, 0.25) is 5.91 Å². The number of nitrogens with zero attached hydrogens (tertiary/aromatic N) is 2. The predicted molar refractivity (Wildman–Crippen MR) is 83.1 cm³/mol. The molecule has 1 aromatic rings. The Labute approximate surface area is 127 Å². The second-order valence-electron chi connectivity index (χ2n) is 5.08. The van der Waals surface area contributed by atoms with E-state index in [4.69, 9.17) is 10.00 Å². The number of rotatable bonds is 7. The fraction of sp³-hybridized carbons (Fsp3) is 0.529. The van der Waals surface area contributed by atoms with E-state index in [2.05, 4.69) is 6.07 Å². The van der Waals surface area contributed by atoms with Gasteiger partial charge in [0.25, 0.3) is 0 Å². The molecule has 0 heterocycles. The molecule has 1 amide bonds. The van der Waals surface area contributed by atoms with Gasteiger partial charge in [-0.15, -0.1) is 0 Å². The third-order valence-electron chi connectivity index (χ3n) is 3.68. The van der Waals surface area contributed by atoms with Gasteiger partial charge in [-0.2, -0.15) is 5.26 Å². The van der Waals surface area contributed by atoms with Gasteiger partial charge in [-0.3, -0.25) is 4.79 Å². The van der Waals surface area contributed by atoms with Gasteiger partial charge >= 0.3 is 0 Å². The van der Waals surface area contributed by atoms with Crippen molar-refractivity contribution in [2.75, 3.05) is 19.7 Å². The average molecular weight is 288 g/mol. The molecule has 1 rings (SSSR count). The lowest BCUT2D eigenvalue weighted by molar-refractivity contribution is -0.133. The van der Waals surface area contributed by atoms with Crippen molar-refractivity contribution >= 4 is 5.91 Å². The zero-order valence-corrected chi connectivity index (χ0v) is 13.3. The van der Waals surface area contributed by atoms with Crippen LogP contribution in [0.2, 0.25) is 0 Å². The number of hydrogen-bond donors (Lipinski definition) is 0. The molecule has 0 bridgehead atoms. The highest BCUT2D eigenvalue weighted by Crippen LogP contribution is 2.17. The summed E-state index contributed by atoms with van der Waals surface area (Å²) in [7, 11) is 0. The molecule has 114 valence electrons. The molecule has 0 aromatic heterocycles. The summed E-state index contributed by atoms with van der Waals surface area (Å²) >= 11 is 0. The maximum atomic E-state index is 12.1. The van der Waals surface area contributed by atoms with Crippen LogP contribution in [0.4, 0.5) is 0 Å². The molecular weight excluding hydrogens is 264 g/mol. The second kappa shape index (κ2) is 8.31. The third-order valence-corrected chi connectivity index (χ3v) is 3.68. The van der Waals surface area contributed by atoms with Crippen LogP contribution in [0, 0.1) is 31.1 Å². The van der Waals surface area contributed by atoms with E-state index in [-0.39, 0.29) is 5.91 Å². The number of carbonyl (C=O) groups is 1. The quantitative estimate of drug-likeness (QED) is 0.774. The first-order chi connectivity index (χ1) is 10.0. The largest absolute Gasteiger partial charge is 0.494 e. The number of nitriles is 1. The maximum absolute atomic E-state index is 12.1. The van der Waals surface area contributed by atoms with Crippen LogP contribution in [0.1, 0.15) is 31.4 Å². The molecule has 1 aromatic carbocycles. The molecule has 0 aliphatic heterocycles. The Morgan fingerprint density at radius 1 is 1.29 bits per heavy atom. The van der Waals surface area contributed by atoms with Gasteiger partial charge in [0.05, 0.1) is 12.7 Å². The van der Waals surface area contributed by atoms with Gasteiger partial charge < -0.3 is 9.64 Å². The fourth-order valence-corrected chi connectivity index (χ4v) is 2.10. The lowest BCUT2D eigenvalue weighted by Crippen LogP contribution is -2.36. The Morgan fingerprint density at radius 3 is 2.48 bits per heavy atom. The number of carbonyl (C=O) groups excluding carboxylic acids is 1. The lowest BCUT2D eigenvalue weighted by Gasteiger charge is -2.21. The second-order valence-corrected chi connectivity index (χ2v) is 5.08. The lowest BCUT2D eigenvalue weighted by atomic mass is 10.1. The monoisotopic (exact) mass is 288 g/mol. The Morgan fingerprint density at radius 2 is 1.95 bits per heavy atom. The molecule has 0 radical (unpaired) electrons. The number of hydrogen-bond acceptors (Lipinski definition) is 3. The molecule has 0 saturated heterocycles. The van der Waals surface area contributed by atoms with Crippen LogP contribution >= 0.6 is 0 Å². The van der Waals surface area contributed by atoms with Crippen LogP contribution in [0.15, 0.2) is 18.2 Å². The first kappa shape index (κ1) is 17.0. The summed E-state index contributed by atoms with van der Waals surface area (Å²) in [6, 6.07) is 7.98. The molecule has 0 aliphatic carbocycles. The molecule has 0 fully saturated rings. The number of aryl methyl sites for hydroxylation is 2. The summed E-state index contributed by atoms with van der Waals surface area (Å²) in [5.41, 5.74) is 2.39. The summed E-state index contributed by atoms with van der Waals surface area (Å²) in [6.45, 7) is 9.55. The molecule has 0 saturated carbocycles. The molecule has 21 heavy (non-hydrogen) atoms. The Bertz CT molecular complexity index is 516. The predicted octanol–water partition coefficient (Wildman–Crippen LogP) is 3.08. The first-order valence-corrected chi connectivity index (χ1v) is 7.41. The summed E-state index contributed by atoms with van der Waals surface area (Å²) in [5.74, 6) is 0.0488. The zero-order chi connectivity index (χ0) is 15.8. The van der Waals surface area contributed by atoms with Gasteiger partial charge in [0.1, 0.15) is 11.7 Å². The van der Waals surface area contributed by atoms with E-state index in [1.165, 1.54) is 11.1 Å². The SMILES string of the molecule is CCN(CC)C(=O)C(C#N)CCOc1ccc(C)c(C)c1. The number of amides is 1. The minimum atomic E-state index is -0.628. The van der Waals surface area contributed by atoms with Crippen LogP contribution in [0.3, 0.4) is 0 Å². The zero-order valence-electron chi connectivity index (χ0n) is 13.3. The minimum Gasteiger partial charge on any atom is -0.494 e. The standard InChI is InChI=1S/C17H24N2O2/c1-5-19(6-2)17(20)15(12-18)9-10-21-16-8-7-13(3)14(4)11-16/h7-8,11,15H,5-6,9-10H2,1-4H3. The van der Waals surface area contributed by atoms with Gasteiger partial charge in [-0.1, -0.05) is 6.07 Å². The van der Waals surface area contributed by atoms with Gasteiger partial charge in [0, 0.05) is 19.5 Å². The molecule has 1 unspecified atom stereocenters. The van der Waals surface area contributed by atoms with Crippen molar-refractivity contribution in [3.05, 3.63) is 29.3 Å². The Kier molecular flexibility index (Phi) is 6.74. The van der Waals surface area contributed by atoms with Crippen molar-refractivity contribution in [2.24, 2.45) is 5.92 Å². The summed E-state index contributed by atoms with van der Waals surface area (Å²) in [5, 5.41) is 9.16. The van der Waals surface area contributed by atoms with E-state index in [9.17, 15) is 4.79 Å². The van der Waals surface area contributed by atoms with Crippen molar-refractivity contribution in [1.29, 1.82) is 5.26 Å². The highest BCUT2D eigenvalue weighted by atomic mass is 16.5. The van der Waals surface area contributed by atoms with E-state index in [0.29, 0.717) is 26.1 Å². The van der Waals surface area contributed by atoms with Gasteiger partial charge in [-0.05, 0) is 51.0 Å². The van der Waals surface area contributed by atoms with E-state index < -0.39 is 5.92 Å². The van der Waals surface area contributed by atoms with Crippen molar-refractivity contribution in [3.63, 3.8) is 0 Å². The van der Waals surface area contributed by atoms with E-state index in [1.807, 2.05) is 45.9 Å². The fourth-order valence-electron chi connectivity index (χ4n) is 2.10. The highest BCUT2D eigenvalue weighted by Gasteiger charge is 2.22. The minimum absolute atomic E-state index is 0.105. The smallest absolute Gasteiger partial charge is 0.240 e. The Balaban J connectivity index is 2.54. The summed E-state index contributed by atoms with van der Waals surface area (Å²) < 4.78 is 5.65. The first-order valence-electron chi connectivity index (χ1n) is 7.41. The normalized spacial score (nSPS) is 11.6. The van der Waals surface area contributed by atoms with Gasteiger partial charge in [-0.25, -0.2) is 0 Å². The summed E-state index contributed by atoms with van der Waals surface area (Å²) in [4.78, 5) is 13.8. The van der Waals surface area contributed by atoms with Crippen LogP contribution in [0.5, 0.6) is 5.75 Å². The Hall–Kier alpha value is -2.02. The molecular formula is C17H24N2O2. The van der Waals surface area contributed by atoms with Crippen LogP contribution < -0.4 is 4.74 Å². The van der Waals surface area contributed by atoms with E-state index in [1.54, 1.807) is 4.90 Å². The molecule has 4 heteroatoms. The summed E-state index contributed by atoms with van der Waals surface area (Å²) in [6.07, 6.45) is 0.415. The van der Waals surface area contributed by atoms with Crippen molar-refractivity contribution in [1.82, 2.24) is 4.90 Å². The van der Waals surface area contributed by atoms with Crippen molar-refractivity contribution < 1.29 is 9.53 Å². The van der Waals surface area contributed by atoms with Crippen LogP contribution in [-0.2, 0) is 4.79 Å². The maximum Gasteiger partial charge on any atom is 0.240 e. The van der Waals surface area contributed by atoms with E-state index in [0.717, 1.165) is 5.75 Å². The van der Waals surface area contributed by atoms with Crippen molar-refractivity contribution in [3.8, 4) is 11.8 Å². The highest BCUT2D eigenvalue weighted by molar-refractivity contribution is 5.81. The molecule has 0 N–H and O–H groups in total. The van der Waals surface area contributed by atoms with Crippen LogP contribution in [0.25, 0.3) is 0 Å². The molecule has 4 nitrogen and oxygen atoms in total. The number of benzene rings is 1. The topological polar surface area (TPSA) is 53.3 Å². The molecule has 0 spiro atoms. The van der Waals surface area contributed by atoms with E-state index >= 15 is 0 Å². The van der Waals surface area contributed by atoms with Crippen molar-refractivity contribution in [2.45, 2.75) is 34.1 Å². The van der Waals surface area contributed by atoms with Gasteiger partial charge in [0.15, 0.2) is 0 Å². The number of ether oxygens (including phenoxy) is 1.